The van der Waals surface area contributed by atoms with E-state index < -0.39 is 0 Å². The first-order chi connectivity index (χ1) is 9.65. The molecule has 1 fully saturated rings. The second-order valence-corrected chi connectivity index (χ2v) is 5.93. The van der Waals surface area contributed by atoms with Crippen LogP contribution in [0.2, 0.25) is 0 Å². The van der Waals surface area contributed by atoms with Crippen LogP contribution in [0, 0.1) is 0 Å². The molecule has 2 aliphatic rings. The topological polar surface area (TPSA) is 53.7 Å². The van der Waals surface area contributed by atoms with Crippen LogP contribution in [0.1, 0.15) is 43.7 Å². The number of benzene rings is 1. The SMILES string of the molecule is COc1ccc2c(c1)C(N)CC1(CCC(OC)CC1)O2. The first-order valence-corrected chi connectivity index (χ1v) is 7.31. The Morgan fingerprint density at radius 2 is 2.00 bits per heavy atom. The van der Waals surface area contributed by atoms with Gasteiger partial charge in [0.05, 0.1) is 13.2 Å². The number of methoxy groups -OCH3 is 2. The van der Waals surface area contributed by atoms with Crippen LogP contribution in [0.25, 0.3) is 0 Å². The lowest BCUT2D eigenvalue weighted by molar-refractivity contribution is -0.0428. The first kappa shape index (κ1) is 13.7. The predicted molar refractivity (Wildman–Crippen MR) is 77.2 cm³/mol. The third-order valence-corrected chi connectivity index (χ3v) is 4.71. The van der Waals surface area contributed by atoms with Gasteiger partial charge in [0.1, 0.15) is 17.1 Å². The Morgan fingerprint density at radius 3 is 2.65 bits per heavy atom. The largest absolute Gasteiger partial charge is 0.497 e. The molecule has 1 atom stereocenters. The maximum absolute atomic E-state index is 6.38. The summed E-state index contributed by atoms with van der Waals surface area (Å²) in [5, 5.41) is 0. The average Bonchev–Trinajstić information content (AvgIpc) is 2.48. The van der Waals surface area contributed by atoms with Crippen molar-refractivity contribution in [3.8, 4) is 11.5 Å². The van der Waals surface area contributed by atoms with Crippen LogP contribution in [0.15, 0.2) is 18.2 Å². The van der Waals surface area contributed by atoms with Gasteiger partial charge in [0.15, 0.2) is 0 Å². The van der Waals surface area contributed by atoms with Crippen molar-refractivity contribution in [3.63, 3.8) is 0 Å². The molecule has 1 saturated carbocycles. The highest BCUT2D eigenvalue weighted by atomic mass is 16.5. The van der Waals surface area contributed by atoms with Crippen molar-refractivity contribution < 1.29 is 14.2 Å². The highest BCUT2D eigenvalue weighted by molar-refractivity contribution is 5.44. The van der Waals surface area contributed by atoms with Crippen LogP contribution in [-0.2, 0) is 4.74 Å². The molecule has 1 aromatic carbocycles. The monoisotopic (exact) mass is 277 g/mol. The molecule has 1 unspecified atom stereocenters. The molecule has 0 aromatic heterocycles. The molecule has 1 heterocycles. The quantitative estimate of drug-likeness (QED) is 0.903. The van der Waals surface area contributed by atoms with E-state index in [4.69, 9.17) is 19.9 Å². The number of fused-ring (bicyclic) bond motifs is 1. The van der Waals surface area contributed by atoms with Gasteiger partial charge in [-0.05, 0) is 43.9 Å². The minimum absolute atomic E-state index is 0.0212. The summed E-state index contributed by atoms with van der Waals surface area (Å²) in [4.78, 5) is 0. The number of ether oxygens (including phenoxy) is 3. The highest BCUT2D eigenvalue weighted by Gasteiger charge is 2.42. The van der Waals surface area contributed by atoms with Gasteiger partial charge in [-0.1, -0.05) is 0 Å². The van der Waals surface area contributed by atoms with Crippen LogP contribution in [0.5, 0.6) is 11.5 Å². The standard InChI is InChI=1S/C16H23NO3/c1-18-11-5-7-16(8-6-11)10-14(17)13-9-12(19-2)3-4-15(13)20-16/h3-4,9,11,14H,5-8,10,17H2,1-2H3. The molecule has 1 aliphatic carbocycles. The molecule has 4 heteroatoms. The minimum atomic E-state index is -0.101. The van der Waals surface area contributed by atoms with Crippen molar-refractivity contribution in [2.75, 3.05) is 14.2 Å². The lowest BCUT2D eigenvalue weighted by Gasteiger charge is -2.45. The van der Waals surface area contributed by atoms with Crippen LogP contribution < -0.4 is 15.2 Å². The zero-order chi connectivity index (χ0) is 14.2. The zero-order valence-electron chi connectivity index (χ0n) is 12.2. The van der Waals surface area contributed by atoms with E-state index in [2.05, 4.69) is 0 Å². The molecule has 2 N–H and O–H groups in total. The van der Waals surface area contributed by atoms with Gasteiger partial charge in [0.2, 0.25) is 0 Å². The molecule has 3 rings (SSSR count). The van der Waals surface area contributed by atoms with Gasteiger partial charge in [-0.15, -0.1) is 0 Å². The third kappa shape index (κ3) is 2.38. The Kier molecular flexibility index (Phi) is 3.61. The second-order valence-electron chi connectivity index (χ2n) is 5.93. The van der Waals surface area contributed by atoms with Crippen LogP contribution in [0.4, 0.5) is 0 Å². The summed E-state index contributed by atoms with van der Waals surface area (Å²) >= 11 is 0. The number of hydrogen-bond acceptors (Lipinski definition) is 4. The first-order valence-electron chi connectivity index (χ1n) is 7.31. The molecule has 0 amide bonds. The van der Waals surface area contributed by atoms with Crippen molar-refractivity contribution in [1.82, 2.24) is 0 Å². The zero-order valence-corrected chi connectivity index (χ0v) is 12.2. The van der Waals surface area contributed by atoms with Crippen molar-refractivity contribution in [1.29, 1.82) is 0 Å². The number of nitrogens with two attached hydrogens (primary N) is 1. The van der Waals surface area contributed by atoms with E-state index in [1.54, 1.807) is 14.2 Å². The lowest BCUT2D eigenvalue weighted by atomic mass is 9.76. The molecule has 0 saturated heterocycles. The summed E-state index contributed by atoms with van der Waals surface area (Å²) in [6.45, 7) is 0. The Morgan fingerprint density at radius 1 is 1.25 bits per heavy atom. The van der Waals surface area contributed by atoms with Gasteiger partial charge in [0, 0.05) is 25.1 Å². The van der Waals surface area contributed by atoms with Gasteiger partial charge in [-0.25, -0.2) is 0 Å². The van der Waals surface area contributed by atoms with E-state index in [9.17, 15) is 0 Å². The van der Waals surface area contributed by atoms with Crippen molar-refractivity contribution in [2.45, 2.75) is 49.9 Å². The molecule has 1 spiro atoms. The Balaban J connectivity index is 1.82. The maximum Gasteiger partial charge on any atom is 0.125 e. The fourth-order valence-corrected chi connectivity index (χ4v) is 3.48. The van der Waals surface area contributed by atoms with Crippen LogP contribution in [0.3, 0.4) is 0 Å². The summed E-state index contributed by atoms with van der Waals surface area (Å²) in [5.41, 5.74) is 7.33. The molecule has 20 heavy (non-hydrogen) atoms. The van der Waals surface area contributed by atoms with Crippen molar-refractivity contribution >= 4 is 0 Å². The molecule has 1 aromatic rings. The molecule has 1 aliphatic heterocycles. The summed E-state index contributed by atoms with van der Waals surface area (Å²) in [5.74, 6) is 1.75. The smallest absolute Gasteiger partial charge is 0.125 e. The Hall–Kier alpha value is -1.26. The fourth-order valence-electron chi connectivity index (χ4n) is 3.48. The summed E-state index contributed by atoms with van der Waals surface area (Å²) < 4.78 is 17.0. The minimum Gasteiger partial charge on any atom is -0.497 e. The van der Waals surface area contributed by atoms with Crippen LogP contribution in [-0.4, -0.2) is 25.9 Å². The fraction of sp³-hybridized carbons (Fsp3) is 0.625. The summed E-state index contributed by atoms with van der Waals surface area (Å²) in [7, 11) is 3.46. The van der Waals surface area contributed by atoms with E-state index in [0.717, 1.165) is 49.2 Å². The Labute approximate surface area is 120 Å². The second kappa shape index (κ2) is 5.26. The van der Waals surface area contributed by atoms with Gasteiger partial charge in [-0.3, -0.25) is 0 Å². The molecular weight excluding hydrogens is 254 g/mol. The predicted octanol–water partition coefficient (Wildman–Crippen LogP) is 2.81. The summed E-state index contributed by atoms with van der Waals surface area (Å²) in [6, 6.07) is 5.93. The molecular formula is C16H23NO3. The van der Waals surface area contributed by atoms with Crippen LogP contribution >= 0.6 is 0 Å². The van der Waals surface area contributed by atoms with Gasteiger partial charge in [-0.2, -0.15) is 0 Å². The summed E-state index contributed by atoms with van der Waals surface area (Å²) in [6.07, 6.45) is 5.39. The number of rotatable bonds is 2. The lowest BCUT2D eigenvalue weighted by Crippen LogP contribution is -2.46. The highest BCUT2D eigenvalue weighted by Crippen LogP contribution is 2.46. The van der Waals surface area contributed by atoms with E-state index in [1.807, 2.05) is 18.2 Å². The van der Waals surface area contributed by atoms with E-state index >= 15 is 0 Å². The van der Waals surface area contributed by atoms with E-state index in [-0.39, 0.29) is 11.6 Å². The van der Waals surface area contributed by atoms with Gasteiger partial charge < -0.3 is 19.9 Å². The maximum atomic E-state index is 6.38. The molecule has 0 radical (unpaired) electrons. The molecule has 4 nitrogen and oxygen atoms in total. The van der Waals surface area contributed by atoms with Crippen molar-refractivity contribution in [2.24, 2.45) is 5.73 Å². The molecule has 110 valence electrons. The molecule has 0 bridgehead atoms. The van der Waals surface area contributed by atoms with Crippen molar-refractivity contribution in [3.05, 3.63) is 23.8 Å². The van der Waals surface area contributed by atoms with Gasteiger partial charge in [0.25, 0.3) is 0 Å². The Bertz CT molecular complexity index is 481. The average molecular weight is 277 g/mol. The van der Waals surface area contributed by atoms with E-state index in [1.165, 1.54) is 0 Å². The van der Waals surface area contributed by atoms with Gasteiger partial charge >= 0.3 is 0 Å². The number of hydrogen-bond donors (Lipinski definition) is 1. The normalized spacial score (nSPS) is 32.5. The third-order valence-electron chi connectivity index (χ3n) is 4.71. The van der Waals surface area contributed by atoms with E-state index in [0.29, 0.717) is 6.10 Å².